The minimum Gasteiger partial charge on any atom is -0.492 e. The van der Waals surface area contributed by atoms with E-state index in [0.29, 0.717) is 34.5 Å². The van der Waals surface area contributed by atoms with Gasteiger partial charge in [0.2, 0.25) is 5.91 Å². The molecule has 0 atom stereocenters. The normalized spacial score (nSPS) is 10.2. The van der Waals surface area contributed by atoms with Crippen molar-refractivity contribution in [3.63, 3.8) is 0 Å². The highest BCUT2D eigenvalue weighted by Crippen LogP contribution is 2.27. The fourth-order valence-corrected chi connectivity index (χ4v) is 2.39. The average Bonchev–Trinajstić information content (AvgIpc) is 2.53. The molecule has 0 aliphatic carbocycles. The first kappa shape index (κ1) is 18.1. The van der Waals surface area contributed by atoms with E-state index in [0.717, 1.165) is 0 Å². The number of nitrogens with one attached hydrogen (secondary N) is 1. The van der Waals surface area contributed by atoms with Crippen LogP contribution < -0.4 is 10.1 Å². The third-order valence-electron chi connectivity index (χ3n) is 3.12. The Morgan fingerprint density at radius 2 is 1.79 bits per heavy atom. The molecule has 2 N–H and O–H groups in total. The lowest BCUT2D eigenvalue weighted by Gasteiger charge is -2.09. The van der Waals surface area contributed by atoms with E-state index < -0.39 is 5.97 Å². The van der Waals surface area contributed by atoms with E-state index in [1.54, 1.807) is 30.3 Å². The monoisotopic (exact) mass is 367 g/mol. The van der Waals surface area contributed by atoms with Gasteiger partial charge in [-0.15, -0.1) is 0 Å². The highest BCUT2D eigenvalue weighted by Gasteiger charge is 2.06. The Morgan fingerprint density at radius 1 is 1.08 bits per heavy atom. The number of ether oxygens (including phenoxy) is 1. The van der Waals surface area contributed by atoms with Crippen molar-refractivity contribution in [1.29, 1.82) is 0 Å². The first-order valence-corrected chi connectivity index (χ1v) is 7.92. The fraction of sp³-hybridized carbons (Fsp3) is 0.176. The first-order valence-electron chi connectivity index (χ1n) is 7.17. The van der Waals surface area contributed by atoms with Crippen molar-refractivity contribution >= 4 is 40.8 Å². The molecule has 5 nitrogen and oxygen atoms in total. The zero-order chi connectivity index (χ0) is 17.5. The number of aromatic carboxylic acids is 1. The van der Waals surface area contributed by atoms with Crippen molar-refractivity contribution in [2.75, 3.05) is 11.9 Å². The summed E-state index contributed by atoms with van der Waals surface area (Å²) >= 11 is 11.8. The van der Waals surface area contributed by atoms with Gasteiger partial charge in [-0.2, -0.15) is 0 Å². The molecule has 0 aliphatic heterocycles. The number of carboxylic acids is 1. The fourth-order valence-electron chi connectivity index (χ4n) is 1.93. The van der Waals surface area contributed by atoms with Gasteiger partial charge in [0, 0.05) is 17.1 Å². The zero-order valence-corrected chi connectivity index (χ0v) is 14.1. The summed E-state index contributed by atoms with van der Waals surface area (Å²) in [5.74, 6) is -0.666. The Labute approximate surface area is 149 Å². The predicted molar refractivity (Wildman–Crippen MR) is 93.2 cm³/mol. The summed E-state index contributed by atoms with van der Waals surface area (Å²) in [6.07, 6.45) is 0.782. The Morgan fingerprint density at radius 3 is 2.42 bits per heavy atom. The third kappa shape index (κ3) is 5.44. The molecule has 2 rings (SSSR count). The van der Waals surface area contributed by atoms with Gasteiger partial charge in [0.15, 0.2) is 0 Å². The van der Waals surface area contributed by atoms with Gasteiger partial charge >= 0.3 is 5.97 Å². The van der Waals surface area contributed by atoms with Crippen LogP contribution in [0.1, 0.15) is 23.2 Å². The van der Waals surface area contributed by atoms with E-state index in [9.17, 15) is 9.59 Å². The molecule has 0 bridgehead atoms. The highest BCUT2D eigenvalue weighted by atomic mass is 35.5. The van der Waals surface area contributed by atoms with E-state index in [-0.39, 0.29) is 17.9 Å². The molecular formula is C17H15Cl2NO4. The van der Waals surface area contributed by atoms with Crippen molar-refractivity contribution < 1.29 is 19.4 Å². The number of amides is 1. The summed E-state index contributed by atoms with van der Waals surface area (Å²) in [5, 5.41) is 12.5. The zero-order valence-electron chi connectivity index (χ0n) is 12.6. The maximum absolute atomic E-state index is 11.8. The van der Waals surface area contributed by atoms with Crippen LogP contribution in [0.5, 0.6) is 5.75 Å². The van der Waals surface area contributed by atoms with Gasteiger partial charge in [-0.25, -0.2) is 4.79 Å². The van der Waals surface area contributed by atoms with Crippen LogP contribution in [0.15, 0.2) is 42.5 Å². The molecule has 0 radical (unpaired) electrons. The molecule has 0 aromatic heterocycles. The predicted octanol–water partition coefficient (Wildman–Crippen LogP) is 4.49. The standard InChI is InChI=1S/C17H15Cl2NO4/c18-12-5-8-15(14(19)10-12)24-9-1-2-16(21)20-13-6-3-11(4-7-13)17(22)23/h3-8,10H,1-2,9H2,(H,20,21)(H,22,23). The maximum atomic E-state index is 11.8. The van der Waals surface area contributed by atoms with Crippen molar-refractivity contribution in [2.45, 2.75) is 12.8 Å². The topological polar surface area (TPSA) is 75.6 Å². The summed E-state index contributed by atoms with van der Waals surface area (Å²) in [7, 11) is 0. The Kier molecular flexibility index (Phi) is 6.46. The van der Waals surface area contributed by atoms with E-state index in [1.165, 1.54) is 12.1 Å². The van der Waals surface area contributed by atoms with E-state index in [4.69, 9.17) is 33.0 Å². The number of carbonyl (C=O) groups is 2. The number of carbonyl (C=O) groups excluding carboxylic acids is 1. The summed E-state index contributed by atoms with van der Waals surface area (Å²) in [6, 6.07) is 10.9. The SMILES string of the molecule is O=C(CCCOc1ccc(Cl)cc1Cl)Nc1ccc(C(=O)O)cc1. The van der Waals surface area contributed by atoms with Gasteiger partial charge in [0.1, 0.15) is 5.75 Å². The number of hydrogen-bond acceptors (Lipinski definition) is 3. The van der Waals surface area contributed by atoms with Gasteiger partial charge in [-0.1, -0.05) is 23.2 Å². The van der Waals surface area contributed by atoms with Crippen LogP contribution in [0.2, 0.25) is 10.0 Å². The number of carboxylic acid groups (broad SMARTS) is 1. The lowest BCUT2D eigenvalue weighted by Crippen LogP contribution is -2.13. The van der Waals surface area contributed by atoms with Crippen molar-refractivity contribution in [1.82, 2.24) is 0 Å². The van der Waals surface area contributed by atoms with Gasteiger partial charge in [-0.3, -0.25) is 4.79 Å². The molecular weight excluding hydrogens is 353 g/mol. The molecule has 0 saturated heterocycles. The summed E-state index contributed by atoms with van der Waals surface area (Å²) in [6.45, 7) is 0.340. The van der Waals surface area contributed by atoms with Crippen molar-refractivity contribution in [3.8, 4) is 5.75 Å². The number of hydrogen-bond donors (Lipinski definition) is 2. The Hall–Kier alpha value is -2.24. The summed E-state index contributed by atoms with van der Waals surface area (Å²) in [4.78, 5) is 22.6. The minimum atomic E-state index is -1.01. The van der Waals surface area contributed by atoms with Crippen molar-refractivity contribution in [2.24, 2.45) is 0 Å². The van der Waals surface area contributed by atoms with Crippen LogP contribution in [0.3, 0.4) is 0 Å². The van der Waals surface area contributed by atoms with E-state index >= 15 is 0 Å². The molecule has 0 aliphatic rings. The summed E-state index contributed by atoms with van der Waals surface area (Å²) < 4.78 is 5.50. The molecule has 126 valence electrons. The Bertz CT molecular complexity index is 732. The quantitative estimate of drug-likeness (QED) is 0.706. The van der Waals surface area contributed by atoms with E-state index in [1.807, 2.05) is 0 Å². The van der Waals surface area contributed by atoms with Crippen LogP contribution in [-0.4, -0.2) is 23.6 Å². The molecule has 7 heteroatoms. The smallest absolute Gasteiger partial charge is 0.335 e. The van der Waals surface area contributed by atoms with Crippen molar-refractivity contribution in [3.05, 3.63) is 58.1 Å². The molecule has 0 unspecified atom stereocenters. The number of benzene rings is 2. The molecule has 0 spiro atoms. The molecule has 2 aromatic carbocycles. The minimum absolute atomic E-state index is 0.168. The number of halogens is 2. The van der Waals surface area contributed by atoms with E-state index in [2.05, 4.69) is 5.32 Å². The molecule has 0 heterocycles. The molecule has 24 heavy (non-hydrogen) atoms. The lowest BCUT2D eigenvalue weighted by molar-refractivity contribution is -0.116. The number of anilines is 1. The second kappa shape index (κ2) is 8.57. The third-order valence-corrected chi connectivity index (χ3v) is 3.65. The van der Waals surface area contributed by atoms with Gasteiger partial charge < -0.3 is 15.2 Å². The Balaban J connectivity index is 1.74. The molecule has 1 amide bonds. The second-order valence-corrected chi connectivity index (χ2v) is 5.80. The maximum Gasteiger partial charge on any atom is 0.335 e. The summed E-state index contributed by atoms with van der Waals surface area (Å²) in [5.41, 5.74) is 0.716. The van der Waals surface area contributed by atoms with Gasteiger partial charge in [-0.05, 0) is 48.9 Å². The first-order chi connectivity index (χ1) is 11.5. The lowest BCUT2D eigenvalue weighted by atomic mass is 10.2. The van der Waals surface area contributed by atoms with Crippen LogP contribution in [-0.2, 0) is 4.79 Å². The van der Waals surface area contributed by atoms with Crippen LogP contribution in [0.25, 0.3) is 0 Å². The molecule has 0 saturated carbocycles. The highest BCUT2D eigenvalue weighted by molar-refractivity contribution is 6.35. The van der Waals surface area contributed by atoms with Crippen LogP contribution >= 0.6 is 23.2 Å². The molecule has 0 fully saturated rings. The second-order valence-electron chi connectivity index (χ2n) is 4.96. The van der Waals surface area contributed by atoms with Gasteiger partial charge in [0.25, 0.3) is 0 Å². The van der Waals surface area contributed by atoms with Gasteiger partial charge in [0.05, 0.1) is 17.2 Å². The molecule has 2 aromatic rings. The van der Waals surface area contributed by atoms with Crippen LogP contribution in [0.4, 0.5) is 5.69 Å². The number of rotatable bonds is 7. The largest absolute Gasteiger partial charge is 0.492 e. The average molecular weight is 368 g/mol. The van der Waals surface area contributed by atoms with Crippen LogP contribution in [0, 0.1) is 0 Å².